The second-order valence-electron chi connectivity index (χ2n) is 5.32. The van der Waals surface area contributed by atoms with E-state index in [0.29, 0.717) is 28.1 Å². The van der Waals surface area contributed by atoms with Gasteiger partial charge in [0.2, 0.25) is 0 Å². The third-order valence-corrected chi connectivity index (χ3v) is 3.68. The minimum atomic E-state index is -0.471. The van der Waals surface area contributed by atoms with E-state index >= 15 is 0 Å². The molecule has 6 nitrogen and oxygen atoms in total. The van der Waals surface area contributed by atoms with Gasteiger partial charge in [0.25, 0.3) is 5.91 Å². The molecule has 1 aliphatic heterocycles. The van der Waals surface area contributed by atoms with Gasteiger partial charge in [0.05, 0.1) is 18.4 Å². The molecule has 0 spiro atoms. The van der Waals surface area contributed by atoms with Crippen LogP contribution in [0.5, 0.6) is 5.75 Å². The lowest BCUT2D eigenvalue weighted by molar-refractivity contribution is -0.118. The zero-order valence-electron chi connectivity index (χ0n) is 13.4. The minimum Gasteiger partial charge on any atom is -0.482 e. The highest BCUT2D eigenvalue weighted by molar-refractivity contribution is 6.09. The van der Waals surface area contributed by atoms with E-state index in [4.69, 9.17) is 9.47 Å². The van der Waals surface area contributed by atoms with Crippen LogP contribution in [-0.4, -0.2) is 31.4 Å². The zero-order chi connectivity index (χ0) is 17.8. The van der Waals surface area contributed by atoms with Gasteiger partial charge in [-0.15, -0.1) is 0 Å². The summed E-state index contributed by atoms with van der Waals surface area (Å²) in [7, 11) is 1.30. The molecule has 0 saturated heterocycles. The van der Waals surface area contributed by atoms with Crippen molar-refractivity contribution in [2.24, 2.45) is 0 Å². The number of benzene rings is 2. The van der Waals surface area contributed by atoms with Crippen molar-refractivity contribution in [1.29, 1.82) is 0 Å². The number of nitrogens with one attached hydrogen (secondary N) is 1. The molecular weight excluding hydrogens is 322 g/mol. The highest BCUT2D eigenvalue weighted by atomic mass is 16.5. The van der Waals surface area contributed by atoms with E-state index in [-0.39, 0.29) is 18.3 Å². The standard InChI is InChI=1S/C19H15NO5/c1-24-19(23)14-5-3-2-4-12(14)6-8-16(21)13-7-9-17-15(10-13)20-18(22)11-25-17/h2-10H,11H2,1H3,(H,20,22)/b8-6+. The van der Waals surface area contributed by atoms with Gasteiger partial charge in [-0.25, -0.2) is 4.79 Å². The summed E-state index contributed by atoms with van der Waals surface area (Å²) >= 11 is 0. The van der Waals surface area contributed by atoms with E-state index in [1.54, 1.807) is 48.5 Å². The second-order valence-corrected chi connectivity index (χ2v) is 5.32. The van der Waals surface area contributed by atoms with Gasteiger partial charge in [-0.05, 0) is 35.9 Å². The Balaban J connectivity index is 1.84. The number of rotatable bonds is 4. The molecule has 6 heteroatoms. The third-order valence-electron chi connectivity index (χ3n) is 3.68. The van der Waals surface area contributed by atoms with E-state index in [1.807, 2.05) is 0 Å². The quantitative estimate of drug-likeness (QED) is 0.527. The molecule has 0 radical (unpaired) electrons. The smallest absolute Gasteiger partial charge is 0.338 e. The largest absolute Gasteiger partial charge is 0.482 e. The van der Waals surface area contributed by atoms with Crippen LogP contribution >= 0.6 is 0 Å². The number of carbonyl (C=O) groups excluding carboxylic acids is 3. The van der Waals surface area contributed by atoms with Gasteiger partial charge in [0, 0.05) is 5.56 Å². The van der Waals surface area contributed by atoms with Gasteiger partial charge in [0.1, 0.15) is 5.75 Å². The first kappa shape index (κ1) is 16.4. The number of carbonyl (C=O) groups is 3. The first-order valence-electron chi connectivity index (χ1n) is 7.55. The summed E-state index contributed by atoms with van der Waals surface area (Å²) in [6.07, 6.45) is 2.93. The number of hydrogen-bond donors (Lipinski definition) is 1. The molecule has 1 N–H and O–H groups in total. The molecule has 25 heavy (non-hydrogen) atoms. The minimum absolute atomic E-state index is 0.0372. The Bertz CT molecular complexity index is 885. The van der Waals surface area contributed by atoms with Gasteiger partial charge in [-0.3, -0.25) is 9.59 Å². The predicted molar refractivity (Wildman–Crippen MR) is 91.7 cm³/mol. The van der Waals surface area contributed by atoms with Crippen LogP contribution in [0.2, 0.25) is 0 Å². The van der Waals surface area contributed by atoms with Crippen molar-refractivity contribution >= 4 is 29.4 Å². The van der Waals surface area contributed by atoms with Crippen LogP contribution in [0.4, 0.5) is 5.69 Å². The second kappa shape index (κ2) is 7.00. The van der Waals surface area contributed by atoms with Gasteiger partial charge in [-0.1, -0.05) is 24.3 Å². The number of esters is 1. The Morgan fingerprint density at radius 2 is 2.00 bits per heavy atom. The average Bonchev–Trinajstić information content (AvgIpc) is 2.65. The summed E-state index contributed by atoms with van der Waals surface area (Å²) in [5, 5.41) is 2.66. The molecule has 0 saturated carbocycles. The summed E-state index contributed by atoms with van der Waals surface area (Å²) < 4.78 is 9.99. The fourth-order valence-electron chi connectivity index (χ4n) is 2.44. The molecule has 0 unspecified atom stereocenters. The van der Waals surface area contributed by atoms with Crippen molar-refractivity contribution in [3.05, 3.63) is 65.2 Å². The summed E-state index contributed by atoms with van der Waals surface area (Å²) in [5.74, 6) is -0.473. The summed E-state index contributed by atoms with van der Waals surface area (Å²) in [4.78, 5) is 35.5. The van der Waals surface area contributed by atoms with Crippen molar-refractivity contribution < 1.29 is 23.9 Å². The molecule has 1 amide bonds. The lowest BCUT2D eigenvalue weighted by Gasteiger charge is -2.17. The molecule has 0 atom stereocenters. The number of allylic oxidation sites excluding steroid dienone is 1. The topological polar surface area (TPSA) is 81.7 Å². The Morgan fingerprint density at radius 1 is 1.20 bits per heavy atom. The number of ether oxygens (including phenoxy) is 2. The lowest BCUT2D eigenvalue weighted by Crippen LogP contribution is -2.25. The normalized spacial score (nSPS) is 12.9. The number of anilines is 1. The summed E-state index contributed by atoms with van der Waals surface area (Å²) in [6.45, 7) is -0.0372. The average molecular weight is 337 g/mol. The van der Waals surface area contributed by atoms with Crippen molar-refractivity contribution in [1.82, 2.24) is 0 Å². The van der Waals surface area contributed by atoms with E-state index in [2.05, 4.69) is 5.32 Å². The van der Waals surface area contributed by atoms with Crippen molar-refractivity contribution in [3.63, 3.8) is 0 Å². The van der Waals surface area contributed by atoms with Crippen LogP contribution < -0.4 is 10.1 Å². The van der Waals surface area contributed by atoms with Crippen LogP contribution in [0.3, 0.4) is 0 Å². The molecule has 126 valence electrons. The number of methoxy groups -OCH3 is 1. The Hall–Kier alpha value is -3.41. The molecule has 0 aliphatic carbocycles. The Labute approximate surface area is 144 Å². The maximum atomic E-state index is 12.4. The molecule has 0 bridgehead atoms. The molecule has 2 aromatic rings. The Morgan fingerprint density at radius 3 is 2.80 bits per heavy atom. The number of fused-ring (bicyclic) bond motifs is 1. The van der Waals surface area contributed by atoms with Crippen LogP contribution in [0.15, 0.2) is 48.5 Å². The van der Waals surface area contributed by atoms with Crippen LogP contribution in [-0.2, 0) is 9.53 Å². The van der Waals surface area contributed by atoms with Crippen molar-refractivity contribution in [3.8, 4) is 5.75 Å². The molecule has 3 rings (SSSR count). The maximum absolute atomic E-state index is 12.4. The summed E-state index contributed by atoms with van der Waals surface area (Å²) in [5.41, 5.74) is 1.82. The van der Waals surface area contributed by atoms with E-state index in [0.717, 1.165) is 0 Å². The van der Waals surface area contributed by atoms with Gasteiger partial charge in [-0.2, -0.15) is 0 Å². The third kappa shape index (κ3) is 3.58. The maximum Gasteiger partial charge on any atom is 0.338 e. The first-order valence-corrected chi connectivity index (χ1v) is 7.55. The fourth-order valence-corrected chi connectivity index (χ4v) is 2.44. The zero-order valence-corrected chi connectivity index (χ0v) is 13.4. The highest BCUT2D eigenvalue weighted by Crippen LogP contribution is 2.28. The highest BCUT2D eigenvalue weighted by Gasteiger charge is 2.17. The van der Waals surface area contributed by atoms with Crippen LogP contribution in [0.25, 0.3) is 6.08 Å². The van der Waals surface area contributed by atoms with Gasteiger partial charge in [0.15, 0.2) is 12.4 Å². The molecule has 0 aromatic heterocycles. The number of ketones is 1. The van der Waals surface area contributed by atoms with Crippen LogP contribution in [0, 0.1) is 0 Å². The number of hydrogen-bond acceptors (Lipinski definition) is 5. The predicted octanol–water partition coefficient (Wildman–Crippen LogP) is 2.70. The fraction of sp³-hybridized carbons (Fsp3) is 0.105. The van der Waals surface area contributed by atoms with Crippen molar-refractivity contribution in [2.75, 3.05) is 19.0 Å². The molecule has 0 fully saturated rings. The van der Waals surface area contributed by atoms with Crippen LogP contribution in [0.1, 0.15) is 26.3 Å². The van der Waals surface area contributed by atoms with E-state index in [1.165, 1.54) is 13.2 Å². The number of amides is 1. The SMILES string of the molecule is COC(=O)c1ccccc1/C=C/C(=O)c1ccc2c(c1)NC(=O)CO2. The molecule has 1 aliphatic rings. The monoisotopic (exact) mass is 337 g/mol. The molecule has 2 aromatic carbocycles. The molecular formula is C19H15NO5. The van der Waals surface area contributed by atoms with E-state index in [9.17, 15) is 14.4 Å². The van der Waals surface area contributed by atoms with E-state index < -0.39 is 5.97 Å². The Kier molecular flexibility index (Phi) is 4.61. The van der Waals surface area contributed by atoms with Crippen molar-refractivity contribution in [2.45, 2.75) is 0 Å². The lowest BCUT2D eigenvalue weighted by atomic mass is 10.0. The van der Waals surface area contributed by atoms with Gasteiger partial charge >= 0.3 is 5.97 Å². The summed E-state index contributed by atoms with van der Waals surface area (Å²) in [6, 6.07) is 11.7. The first-order chi connectivity index (χ1) is 12.1. The molecule has 1 heterocycles. The van der Waals surface area contributed by atoms with Gasteiger partial charge < -0.3 is 14.8 Å².